The van der Waals surface area contributed by atoms with Crippen molar-refractivity contribution >= 4 is 28.2 Å². The molecule has 1 fully saturated rings. The summed E-state index contributed by atoms with van der Waals surface area (Å²) in [7, 11) is 0. The zero-order chi connectivity index (χ0) is 27.3. The molecule has 0 saturated heterocycles. The van der Waals surface area contributed by atoms with Gasteiger partial charge in [-0.25, -0.2) is 4.99 Å². The molecule has 5 heteroatoms. The first-order valence-electron chi connectivity index (χ1n) is 14.1. The zero-order valence-electron chi connectivity index (χ0n) is 22.4. The number of benzene rings is 4. The van der Waals surface area contributed by atoms with Crippen LogP contribution < -0.4 is 5.32 Å². The fraction of sp³-hybridized carbons (Fsp3) is 0.200. The minimum atomic E-state index is -0.740. The summed E-state index contributed by atoms with van der Waals surface area (Å²) in [4.78, 5) is 19.1. The van der Waals surface area contributed by atoms with Gasteiger partial charge in [-0.15, -0.1) is 0 Å². The lowest BCUT2D eigenvalue weighted by Crippen LogP contribution is -2.41. The van der Waals surface area contributed by atoms with Gasteiger partial charge in [-0.3, -0.25) is 9.36 Å². The van der Waals surface area contributed by atoms with Crippen LogP contribution in [0.4, 0.5) is 5.69 Å². The molecule has 1 heterocycles. The van der Waals surface area contributed by atoms with Crippen LogP contribution in [0.1, 0.15) is 54.8 Å². The third kappa shape index (κ3) is 5.15. The average molecular weight is 528 g/mol. The third-order valence-electron chi connectivity index (χ3n) is 7.74. The minimum absolute atomic E-state index is 0.0207. The fourth-order valence-corrected chi connectivity index (χ4v) is 5.82. The monoisotopic (exact) mass is 527 g/mol. The standard InChI is InChI=1S/C35H33N3O2/c39-34(37-28-21-11-4-12-22-28)33(26-17-7-2-8-18-26)38-30-24-14-13-23-29(30)31(35(38)40)32(25-15-5-1-6-16-25)36-27-19-9-3-10-20-27/h1-3,5-10,13-20,23-24,28,33,40H,4,11-12,21-22H2,(H,37,39). The first kappa shape index (κ1) is 25.6. The van der Waals surface area contributed by atoms with Crippen LogP contribution in [-0.2, 0) is 4.79 Å². The third-order valence-corrected chi connectivity index (χ3v) is 7.74. The van der Waals surface area contributed by atoms with Gasteiger partial charge in [0, 0.05) is 17.0 Å². The fourth-order valence-electron chi connectivity index (χ4n) is 5.82. The van der Waals surface area contributed by atoms with E-state index in [9.17, 15) is 9.90 Å². The highest BCUT2D eigenvalue weighted by Gasteiger charge is 2.32. The number of nitrogens with one attached hydrogen (secondary N) is 1. The second kappa shape index (κ2) is 11.6. The van der Waals surface area contributed by atoms with Crippen molar-refractivity contribution in [3.05, 3.63) is 132 Å². The first-order chi connectivity index (χ1) is 19.7. The maximum Gasteiger partial charge on any atom is 0.248 e. The predicted molar refractivity (Wildman–Crippen MR) is 161 cm³/mol. The Balaban J connectivity index is 1.56. The molecule has 5 aromatic rings. The number of hydrogen-bond donors (Lipinski definition) is 2. The summed E-state index contributed by atoms with van der Waals surface area (Å²) in [5.41, 5.74) is 4.52. The maximum atomic E-state index is 14.1. The van der Waals surface area contributed by atoms with Gasteiger partial charge in [-0.05, 0) is 36.6 Å². The molecule has 0 spiro atoms. The number of carbonyl (C=O) groups is 1. The molecule has 1 saturated carbocycles. The highest BCUT2D eigenvalue weighted by atomic mass is 16.3. The van der Waals surface area contributed by atoms with Crippen LogP contribution in [0, 0.1) is 0 Å². The number of hydrogen-bond acceptors (Lipinski definition) is 3. The van der Waals surface area contributed by atoms with Crippen LogP contribution >= 0.6 is 0 Å². The Bertz CT molecular complexity index is 1620. The molecule has 6 rings (SSSR count). The Labute approximate surface area is 234 Å². The van der Waals surface area contributed by atoms with E-state index in [4.69, 9.17) is 4.99 Å². The van der Waals surface area contributed by atoms with Gasteiger partial charge in [0.1, 0.15) is 6.04 Å². The van der Waals surface area contributed by atoms with Gasteiger partial charge in [0.25, 0.3) is 0 Å². The molecule has 4 aromatic carbocycles. The number of rotatable bonds is 7. The lowest BCUT2D eigenvalue weighted by Gasteiger charge is -2.27. The lowest BCUT2D eigenvalue weighted by molar-refractivity contribution is -0.124. The average Bonchev–Trinajstić information content (AvgIpc) is 3.29. The summed E-state index contributed by atoms with van der Waals surface area (Å²) in [6, 6.07) is 36.6. The molecule has 1 aliphatic rings. The smallest absolute Gasteiger partial charge is 0.248 e. The topological polar surface area (TPSA) is 66.6 Å². The van der Waals surface area contributed by atoms with E-state index in [1.54, 1.807) is 4.57 Å². The molecule has 1 amide bonds. The largest absolute Gasteiger partial charge is 0.494 e. The Kier molecular flexibility index (Phi) is 7.45. The maximum absolute atomic E-state index is 14.1. The Morgan fingerprint density at radius 3 is 2.08 bits per heavy atom. The number of aliphatic imine (C=N–C) groups is 1. The van der Waals surface area contributed by atoms with Gasteiger partial charge < -0.3 is 10.4 Å². The van der Waals surface area contributed by atoms with Crippen LogP contribution in [0.15, 0.2) is 120 Å². The normalized spacial score (nSPS) is 15.2. The molecule has 1 atom stereocenters. The predicted octanol–water partition coefficient (Wildman–Crippen LogP) is 7.55. The van der Waals surface area contributed by atoms with E-state index in [1.165, 1.54) is 6.42 Å². The number of nitrogens with zero attached hydrogens (tertiary/aromatic N) is 2. The second-order valence-electron chi connectivity index (χ2n) is 10.4. The quantitative estimate of drug-likeness (QED) is 0.215. The molecule has 0 bridgehead atoms. The molecule has 1 aromatic heterocycles. The Hall–Kier alpha value is -4.64. The second-order valence-corrected chi connectivity index (χ2v) is 10.4. The van der Waals surface area contributed by atoms with Gasteiger partial charge in [0.2, 0.25) is 11.8 Å². The number of fused-ring (bicyclic) bond motifs is 1. The van der Waals surface area contributed by atoms with Gasteiger partial charge in [-0.2, -0.15) is 0 Å². The van der Waals surface area contributed by atoms with Crippen LogP contribution in [-0.4, -0.2) is 27.3 Å². The van der Waals surface area contributed by atoms with Crippen LogP contribution in [0.25, 0.3) is 10.9 Å². The summed E-state index contributed by atoms with van der Waals surface area (Å²) in [5, 5.41) is 16.3. The van der Waals surface area contributed by atoms with Crippen molar-refractivity contribution in [1.82, 2.24) is 9.88 Å². The summed E-state index contributed by atoms with van der Waals surface area (Å²) >= 11 is 0. The van der Waals surface area contributed by atoms with Crippen LogP contribution in [0.2, 0.25) is 0 Å². The molecule has 1 aliphatic carbocycles. The zero-order valence-corrected chi connectivity index (χ0v) is 22.4. The molecular weight excluding hydrogens is 494 g/mol. The molecule has 0 aliphatic heterocycles. The number of amides is 1. The van der Waals surface area contributed by atoms with Crippen molar-refractivity contribution in [2.75, 3.05) is 0 Å². The summed E-state index contributed by atoms with van der Waals surface area (Å²) in [5.74, 6) is -0.0886. The first-order valence-corrected chi connectivity index (χ1v) is 14.1. The van der Waals surface area contributed by atoms with Crippen LogP contribution in [0.5, 0.6) is 5.88 Å². The number of aromatic nitrogens is 1. The Morgan fingerprint density at radius 2 is 1.38 bits per heavy atom. The molecule has 2 N–H and O–H groups in total. The number of para-hydroxylation sites is 2. The van der Waals surface area contributed by atoms with E-state index in [-0.39, 0.29) is 17.8 Å². The highest BCUT2D eigenvalue weighted by Crippen LogP contribution is 2.39. The molecule has 40 heavy (non-hydrogen) atoms. The SMILES string of the molecule is O=C(NC1CCCCC1)C(c1ccccc1)n1c(O)c(C(=Nc2ccccc2)c2ccccc2)c2ccccc21. The minimum Gasteiger partial charge on any atom is -0.494 e. The number of aromatic hydroxyl groups is 1. The van der Waals surface area contributed by atoms with Crippen molar-refractivity contribution in [1.29, 1.82) is 0 Å². The van der Waals surface area contributed by atoms with E-state index in [0.717, 1.165) is 53.4 Å². The van der Waals surface area contributed by atoms with Gasteiger partial charge in [-0.1, -0.05) is 116 Å². The van der Waals surface area contributed by atoms with Gasteiger partial charge in [0.05, 0.1) is 22.5 Å². The number of carbonyl (C=O) groups excluding carboxylic acids is 1. The molecule has 1 unspecified atom stereocenters. The van der Waals surface area contributed by atoms with E-state index < -0.39 is 6.04 Å². The lowest BCUT2D eigenvalue weighted by atomic mass is 9.95. The van der Waals surface area contributed by atoms with Crippen LogP contribution in [0.3, 0.4) is 0 Å². The highest BCUT2D eigenvalue weighted by molar-refractivity contribution is 6.22. The molecule has 0 radical (unpaired) electrons. The van der Waals surface area contributed by atoms with Crippen molar-refractivity contribution in [2.24, 2.45) is 4.99 Å². The summed E-state index contributed by atoms with van der Waals surface area (Å²) < 4.78 is 1.78. The molecule has 5 nitrogen and oxygen atoms in total. The van der Waals surface area contributed by atoms with Crippen molar-refractivity contribution in [2.45, 2.75) is 44.2 Å². The summed E-state index contributed by atoms with van der Waals surface area (Å²) in [6.07, 6.45) is 5.43. The van der Waals surface area contributed by atoms with Gasteiger partial charge in [0.15, 0.2) is 0 Å². The van der Waals surface area contributed by atoms with E-state index in [2.05, 4.69) is 5.32 Å². The van der Waals surface area contributed by atoms with Crippen molar-refractivity contribution in [3.63, 3.8) is 0 Å². The van der Waals surface area contributed by atoms with Crippen molar-refractivity contribution in [3.8, 4) is 5.88 Å². The molecule has 200 valence electrons. The van der Waals surface area contributed by atoms with E-state index >= 15 is 0 Å². The van der Waals surface area contributed by atoms with E-state index in [0.29, 0.717) is 11.3 Å². The van der Waals surface area contributed by atoms with Crippen molar-refractivity contribution < 1.29 is 9.90 Å². The Morgan fingerprint density at radius 1 is 0.775 bits per heavy atom. The van der Waals surface area contributed by atoms with E-state index in [1.807, 2.05) is 115 Å². The van der Waals surface area contributed by atoms with Gasteiger partial charge >= 0.3 is 0 Å². The summed E-state index contributed by atoms with van der Waals surface area (Å²) in [6.45, 7) is 0. The molecular formula is C35H33N3O2.